The van der Waals surface area contributed by atoms with Crippen LogP contribution in [0.2, 0.25) is 0 Å². The van der Waals surface area contributed by atoms with E-state index < -0.39 is 0 Å². The van der Waals surface area contributed by atoms with Crippen LogP contribution in [-0.4, -0.2) is 43.7 Å². The van der Waals surface area contributed by atoms with Crippen molar-refractivity contribution in [3.05, 3.63) is 65.2 Å². The number of rotatable bonds is 5. The van der Waals surface area contributed by atoms with Crippen LogP contribution >= 0.6 is 0 Å². The maximum atomic E-state index is 13.0. The van der Waals surface area contributed by atoms with Crippen LogP contribution in [0.4, 0.5) is 5.69 Å². The number of anilines is 1. The quantitative estimate of drug-likeness (QED) is 0.814. The zero-order valence-corrected chi connectivity index (χ0v) is 15.9. The standard InChI is InChI=1S/C22H25N3O2/c1-3-25(17(2)19-6-4-18(16-23)5-7-19)22(26)20-8-10-21(11-9-20)24-12-14-27-15-13-24/h4-11,17H,3,12-15H2,1-2H3. The van der Waals surface area contributed by atoms with E-state index in [1.54, 1.807) is 12.1 Å². The summed E-state index contributed by atoms with van der Waals surface area (Å²) < 4.78 is 5.39. The Morgan fingerprint density at radius 2 is 1.78 bits per heavy atom. The highest BCUT2D eigenvalue weighted by molar-refractivity contribution is 5.94. The van der Waals surface area contributed by atoms with E-state index in [0.717, 1.165) is 37.6 Å². The molecule has 1 aliphatic heterocycles. The number of benzene rings is 2. The number of hydrogen-bond acceptors (Lipinski definition) is 4. The summed E-state index contributed by atoms with van der Waals surface area (Å²) in [7, 11) is 0. The van der Waals surface area contributed by atoms with E-state index in [9.17, 15) is 4.79 Å². The Balaban J connectivity index is 1.74. The molecule has 3 rings (SSSR count). The van der Waals surface area contributed by atoms with Gasteiger partial charge < -0.3 is 14.5 Å². The number of nitrogens with zero attached hydrogens (tertiary/aromatic N) is 3. The van der Waals surface area contributed by atoms with Gasteiger partial charge in [0.15, 0.2) is 0 Å². The van der Waals surface area contributed by atoms with Crippen LogP contribution in [0.1, 0.15) is 41.4 Å². The van der Waals surface area contributed by atoms with Crippen LogP contribution in [0.3, 0.4) is 0 Å². The lowest BCUT2D eigenvalue weighted by Crippen LogP contribution is -2.36. The summed E-state index contributed by atoms with van der Waals surface area (Å²) in [6.07, 6.45) is 0. The van der Waals surface area contributed by atoms with Crippen LogP contribution < -0.4 is 4.90 Å². The van der Waals surface area contributed by atoms with Gasteiger partial charge in [0, 0.05) is 30.9 Å². The molecule has 2 aromatic carbocycles. The minimum atomic E-state index is -0.0610. The van der Waals surface area contributed by atoms with Crippen molar-refractivity contribution in [1.82, 2.24) is 4.90 Å². The number of nitriles is 1. The Hall–Kier alpha value is -2.84. The zero-order chi connectivity index (χ0) is 19.2. The number of ether oxygens (including phenoxy) is 1. The van der Waals surface area contributed by atoms with Gasteiger partial charge in [-0.05, 0) is 55.8 Å². The Morgan fingerprint density at radius 3 is 2.33 bits per heavy atom. The molecule has 1 aliphatic rings. The lowest BCUT2D eigenvalue weighted by molar-refractivity contribution is 0.0702. The molecule has 2 aromatic rings. The summed E-state index contributed by atoms with van der Waals surface area (Å²) >= 11 is 0. The lowest BCUT2D eigenvalue weighted by Gasteiger charge is -2.30. The van der Waals surface area contributed by atoms with Gasteiger partial charge in [0.1, 0.15) is 0 Å². The van der Waals surface area contributed by atoms with Crippen molar-refractivity contribution < 1.29 is 9.53 Å². The maximum Gasteiger partial charge on any atom is 0.254 e. The van der Waals surface area contributed by atoms with E-state index in [0.29, 0.717) is 17.7 Å². The van der Waals surface area contributed by atoms with Crippen molar-refractivity contribution >= 4 is 11.6 Å². The average molecular weight is 363 g/mol. The van der Waals surface area contributed by atoms with Crippen molar-refractivity contribution in [2.24, 2.45) is 0 Å². The van der Waals surface area contributed by atoms with Gasteiger partial charge in [-0.2, -0.15) is 5.26 Å². The van der Waals surface area contributed by atoms with Gasteiger partial charge in [-0.25, -0.2) is 0 Å². The molecule has 140 valence electrons. The number of morpholine rings is 1. The smallest absolute Gasteiger partial charge is 0.254 e. The summed E-state index contributed by atoms with van der Waals surface area (Å²) in [5.74, 6) is 0.0166. The highest BCUT2D eigenvalue weighted by Gasteiger charge is 2.21. The fourth-order valence-corrected chi connectivity index (χ4v) is 3.41. The minimum absolute atomic E-state index is 0.0166. The van der Waals surface area contributed by atoms with Crippen LogP contribution in [0, 0.1) is 11.3 Å². The van der Waals surface area contributed by atoms with E-state index in [4.69, 9.17) is 10.00 Å². The topological polar surface area (TPSA) is 56.6 Å². The summed E-state index contributed by atoms with van der Waals surface area (Å²) in [6.45, 7) is 7.86. The van der Waals surface area contributed by atoms with Gasteiger partial charge in [0.2, 0.25) is 0 Å². The molecule has 5 nitrogen and oxygen atoms in total. The predicted molar refractivity (Wildman–Crippen MR) is 106 cm³/mol. The van der Waals surface area contributed by atoms with Crippen molar-refractivity contribution in [3.8, 4) is 6.07 Å². The third-order valence-electron chi connectivity index (χ3n) is 5.08. The van der Waals surface area contributed by atoms with Gasteiger partial charge >= 0.3 is 0 Å². The molecule has 27 heavy (non-hydrogen) atoms. The highest BCUT2D eigenvalue weighted by atomic mass is 16.5. The van der Waals surface area contributed by atoms with E-state index >= 15 is 0 Å². The second kappa shape index (κ2) is 8.70. The van der Waals surface area contributed by atoms with Crippen LogP contribution in [0.5, 0.6) is 0 Å². The van der Waals surface area contributed by atoms with Crippen molar-refractivity contribution in [3.63, 3.8) is 0 Å². The second-order valence-corrected chi connectivity index (χ2v) is 6.65. The highest BCUT2D eigenvalue weighted by Crippen LogP contribution is 2.24. The molecular weight excluding hydrogens is 338 g/mol. The summed E-state index contributed by atoms with van der Waals surface area (Å²) in [5, 5.41) is 8.95. The first-order valence-corrected chi connectivity index (χ1v) is 9.38. The third-order valence-corrected chi connectivity index (χ3v) is 5.08. The first-order chi connectivity index (χ1) is 13.1. The number of carbonyl (C=O) groups excluding carboxylic acids is 1. The van der Waals surface area contributed by atoms with Crippen molar-refractivity contribution in [2.75, 3.05) is 37.7 Å². The predicted octanol–water partition coefficient (Wildman–Crippen LogP) is 3.62. The fraction of sp³-hybridized carbons (Fsp3) is 0.364. The normalized spacial score (nSPS) is 15.1. The molecule has 0 spiro atoms. The molecule has 1 fully saturated rings. The van der Waals surface area contributed by atoms with Crippen LogP contribution in [0.25, 0.3) is 0 Å². The largest absolute Gasteiger partial charge is 0.378 e. The minimum Gasteiger partial charge on any atom is -0.378 e. The van der Waals surface area contributed by atoms with E-state index in [2.05, 4.69) is 11.0 Å². The SMILES string of the molecule is CCN(C(=O)c1ccc(N2CCOCC2)cc1)C(C)c1ccc(C#N)cc1. The van der Waals surface area contributed by atoms with E-state index in [-0.39, 0.29) is 11.9 Å². The lowest BCUT2D eigenvalue weighted by atomic mass is 10.0. The summed E-state index contributed by atoms with van der Waals surface area (Å²) in [6, 6.07) is 17.3. The van der Waals surface area contributed by atoms with Gasteiger partial charge in [-0.3, -0.25) is 4.79 Å². The van der Waals surface area contributed by atoms with E-state index in [1.807, 2.05) is 55.1 Å². The van der Waals surface area contributed by atoms with Gasteiger partial charge in [-0.15, -0.1) is 0 Å². The molecule has 5 heteroatoms. The Morgan fingerprint density at radius 1 is 1.15 bits per heavy atom. The fourth-order valence-electron chi connectivity index (χ4n) is 3.41. The van der Waals surface area contributed by atoms with Gasteiger partial charge in [0.05, 0.1) is 30.9 Å². The van der Waals surface area contributed by atoms with Crippen LogP contribution in [0.15, 0.2) is 48.5 Å². The average Bonchev–Trinajstić information content (AvgIpc) is 2.75. The zero-order valence-electron chi connectivity index (χ0n) is 15.9. The molecule has 1 saturated heterocycles. The van der Waals surface area contributed by atoms with Gasteiger partial charge in [-0.1, -0.05) is 12.1 Å². The molecule has 0 aliphatic carbocycles. The third kappa shape index (κ3) is 4.29. The molecule has 1 atom stereocenters. The molecule has 0 N–H and O–H groups in total. The molecular formula is C22H25N3O2. The summed E-state index contributed by atoms with van der Waals surface area (Å²) in [5.41, 5.74) is 3.46. The number of carbonyl (C=O) groups is 1. The number of amides is 1. The number of hydrogen-bond donors (Lipinski definition) is 0. The Kier molecular flexibility index (Phi) is 6.10. The van der Waals surface area contributed by atoms with Crippen LogP contribution in [-0.2, 0) is 4.74 Å². The molecule has 0 bridgehead atoms. The molecule has 1 unspecified atom stereocenters. The first-order valence-electron chi connectivity index (χ1n) is 9.38. The molecule has 0 aromatic heterocycles. The monoisotopic (exact) mass is 363 g/mol. The first kappa shape index (κ1) is 18.9. The van der Waals surface area contributed by atoms with Crippen molar-refractivity contribution in [1.29, 1.82) is 5.26 Å². The van der Waals surface area contributed by atoms with E-state index in [1.165, 1.54) is 0 Å². The molecule has 1 amide bonds. The molecule has 0 radical (unpaired) electrons. The maximum absolute atomic E-state index is 13.0. The Bertz CT molecular complexity index is 803. The molecule has 0 saturated carbocycles. The second-order valence-electron chi connectivity index (χ2n) is 6.65. The Labute approximate surface area is 160 Å². The molecule has 1 heterocycles. The van der Waals surface area contributed by atoms with Crippen molar-refractivity contribution in [2.45, 2.75) is 19.9 Å². The summed E-state index contributed by atoms with van der Waals surface area (Å²) in [4.78, 5) is 17.2. The van der Waals surface area contributed by atoms with Gasteiger partial charge in [0.25, 0.3) is 5.91 Å².